The molecule has 0 saturated carbocycles. The van der Waals surface area contributed by atoms with Gasteiger partial charge in [0, 0.05) is 5.69 Å². The first-order chi connectivity index (χ1) is 9.97. The van der Waals surface area contributed by atoms with Crippen molar-refractivity contribution in [1.29, 1.82) is 0 Å². The molecule has 0 aliphatic carbocycles. The molecule has 21 heavy (non-hydrogen) atoms. The molecule has 7 heteroatoms. The second-order valence-electron chi connectivity index (χ2n) is 4.91. The summed E-state index contributed by atoms with van der Waals surface area (Å²) in [6.45, 7) is 5.81. The monoisotopic (exact) mass is 307 g/mol. The first-order valence-corrected chi connectivity index (χ1v) is 7.61. The molecule has 0 bridgehead atoms. The molecule has 0 aliphatic heterocycles. The second-order valence-corrected chi connectivity index (χ2v) is 5.84. The average Bonchev–Trinajstić information content (AvgIpc) is 2.90. The van der Waals surface area contributed by atoms with E-state index in [0.717, 1.165) is 16.8 Å². The molecule has 0 spiro atoms. The van der Waals surface area contributed by atoms with Crippen LogP contribution in [-0.4, -0.2) is 21.9 Å². The molecule has 6 nitrogen and oxygen atoms in total. The summed E-state index contributed by atoms with van der Waals surface area (Å²) in [5, 5.41) is 11.1. The summed E-state index contributed by atoms with van der Waals surface area (Å²) in [4.78, 5) is 12.0. The molecule has 4 N–H and O–H groups in total. The summed E-state index contributed by atoms with van der Waals surface area (Å²) in [6, 6.07) is 5.84. The average molecular weight is 307 g/mol. The Morgan fingerprint density at radius 2 is 2.05 bits per heavy atom. The molecule has 0 saturated heterocycles. The number of hydrogen-bond donors (Lipinski definition) is 2. The van der Waals surface area contributed by atoms with Crippen LogP contribution in [-0.2, 0) is 4.79 Å². The van der Waals surface area contributed by atoms with E-state index in [9.17, 15) is 4.79 Å². The van der Waals surface area contributed by atoms with E-state index in [2.05, 4.69) is 21.2 Å². The van der Waals surface area contributed by atoms with Crippen LogP contribution in [0.2, 0.25) is 0 Å². The molecule has 1 heterocycles. The third kappa shape index (κ3) is 4.05. The third-order valence-electron chi connectivity index (χ3n) is 2.92. The largest absolute Gasteiger partial charge is 0.410 e. The van der Waals surface area contributed by atoms with Gasteiger partial charge in [-0.2, -0.15) is 0 Å². The van der Waals surface area contributed by atoms with Crippen LogP contribution in [0.3, 0.4) is 0 Å². The van der Waals surface area contributed by atoms with Crippen LogP contribution in [0.4, 0.5) is 5.69 Å². The number of thioether (sulfide) groups is 1. The van der Waals surface area contributed by atoms with E-state index < -0.39 is 0 Å². The number of anilines is 1. The van der Waals surface area contributed by atoms with Crippen molar-refractivity contribution in [2.75, 3.05) is 11.1 Å². The maximum absolute atomic E-state index is 12.0. The van der Waals surface area contributed by atoms with Gasteiger partial charge in [0.2, 0.25) is 5.91 Å². The number of amides is 1. The number of quaternary nitrogens is 1. The molecule has 112 valence electrons. The number of carbonyl (C=O) groups is 1. The zero-order valence-electron chi connectivity index (χ0n) is 12.3. The summed E-state index contributed by atoms with van der Waals surface area (Å²) in [6.07, 6.45) is 0. The standard InChI is InChI=1S/C14H18N4O2S/c1-8-5-4-6-9(2)12(8)16-11(19)7-21-14-18-17-13(20-14)10(3)15/h4-6,10H,7,15H2,1-3H3,(H,16,19)/p+1. The SMILES string of the molecule is Cc1cccc(C)c1NC(=O)CSc1nnc(C(C)[NH3+])o1. The molecular weight excluding hydrogens is 288 g/mol. The minimum atomic E-state index is -0.0974. The Morgan fingerprint density at radius 1 is 1.38 bits per heavy atom. The fourth-order valence-electron chi connectivity index (χ4n) is 1.79. The van der Waals surface area contributed by atoms with Crippen molar-refractivity contribution < 1.29 is 14.9 Å². The summed E-state index contributed by atoms with van der Waals surface area (Å²) >= 11 is 1.22. The number of nitrogens with one attached hydrogen (secondary N) is 1. The maximum Gasteiger partial charge on any atom is 0.277 e. The number of carbonyl (C=O) groups excluding carboxylic acids is 1. The Bertz CT molecular complexity index is 619. The van der Waals surface area contributed by atoms with E-state index in [1.807, 2.05) is 39.0 Å². The minimum absolute atomic E-state index is 0.0599. The summed E-state index contributed by atoms with van der Waals surface area (Å²) in [5.74, 6) is 0.605. The van der Waals surface area contributed by atoms with E-state index >= 15 is 0 Å². The van der Waals surface area contributed by atoms with Gasteiger partial charge in [-0.05, 0) is 31.9 Å². The van der Waals surface area contributed by atoms with Gasteiger partial charge in [-0.1, -0.05) is 30.0 Å². The van der Waals surface area contributed by atoms with E-state index in [1.54, 1.807) is 0 Å². The quantitative estimate of drug-likeness (QED) is 0.820. The molecule has 1 unspecified atom stereocenters. The van der Waals surface area contributed by atoms with Crippen LogP contribution < -0.4 is 11.1 Å². The molecular formula is C14H19N4O2S+. The number of aryl methyl sites for hydroxylation is 2. The van der Waals surface area contributed by atoms with Crippen molar-refractivity contribution >= 4 is 23.4 Å². The zero-order valence-corrected chi connectivity index (χ0v) is 13.2. The Labute approximate surface area is 127 Å². The summed E-state index contributed by atoms with van der Waals surface area (Å²) in [5.41, 5.74) is 6.75. The molecule has 0 aliphatic rings. The highest BCUT2D eigenvalue weighted by atomic mass is 32.2. The topological polar surface area (TPSA) is 95.7 Å². The Balaban J connectivity index is 1.93. The van der Waals surface area contributed by atoms with E-state index in [0.29, 0.717) is 11.1 Å². The predicted octanol–water partition coefficient (Wildman–Crippen LogP) is 1.72. The normalized spacial score (nSPS) is 12.2. The lowest BCUT2D eigenvalue weighted by Gasteiger charge is -2.10. The third-order valence-corrected chi connectivity index (χ3v) is 3.73. The van der Waals surface area contributed by atoms with Crippen LogP contribution in [0.25, 0.3) is 0 Å². The van der Waals surface area contributed by atoms with Gasteiger partial charge in [0.15, 0.2) is 6.04 Å². The lowest BCUT2D eigenvalue weighted by Crippen LogP contribution is -2.51. The molecule has 2 aromatic rings. The fraction of sp³-hybridized carbons (Fsp3) is 0.357. The van der Waals surface area contributed by atoms with Gasteiger partial charge in [-0.25, -0.2) is 0 Å². The minimum Gasteiger partial charge on any atom is -0.410 e. The van der Waals surface area contributed by atoms with Gasteiger partial charge in [-0.15, -0.1) is 10.2 Å². The van der Waals surface area contributed by atoms with Crippen molar-refractivity contribution in [3.63, 3.8) is 0 Å². The highest BCUT2D eigenvalue weighted by Gasteiger charge is 2.14. The van der Waals surface area contributed by atoms with E-state index in [4.69, 9.17) is 4.42 Å². The first kappa shape index (κ1) is 15.5. The van der Waals surface area contributed by atoms with Gasteiger partial charge in [-0.3, -0.25) is 4.79 Å². The lowest BCUT2D eigenvalue weighted by atomic mass is 10.1. The van der Waals surface area contributed by atoms with E-state index in [-0.39, 0.29) is 17.7 Å². The van der Waals surface area contributed by atoms with E-state index in [1.165, 1.54) is 11.8 Å². The van der Waals surface area contributed by atoms with Crippen LogP contribution in [0.5, 0.6) is 0 Å². The molecule has 1 amide bonds. The maximum atomic E-state index is 12.0. The molecule has 0 fully saturated rings. The van der Waals surface area contributed by atoms with Gasteiger partial charge in [0.1, 0.15) is 0 Å². The van der Waals surface area contributed by atoms with Gasteiger partial charge >= 0.3 is 0 Å². The predicted molar refractivity (Wildman–Crippen MR) is 80.9 cm³/mol. The number of rotatable bonds is 5. The molecule has 2 rings (SSSR count). The molecule has 1 atom stereocenters. The van der Waals surface area contributed by atoms with Crippen LogP contribution >= 0.6 is 11.8 Å². The highest BCUT2D eigenvalue weighted by Crippen LogP contribution is 2.21. The smallest absolute Gasteiger partial charge is 0.277 e. The second kappa shape index (κ2) is 6.73. The number of nitrogens with zero attached hydrogens (tertiary/aromatic N) is 2. The molecule has 1 aromatic heterocycles. The van der Waals surface area contributed by atoms with Gasteiger partial charge in [0.05, 0.1) is 5.75 Å². The van der Waals surface area contributed by atoms with Crippen molar-refractivity contribution in [2.24, 2.45) is 0 Å². The van der Waals surface area contributed by atoms with Crippen LogP contribution in [0.15, 0.2) is 27.8 Å². The number of aromatic nitrogens is 2. The van der Waals surface area contributed by atoms with Crippen molar-refractivity contribution in [1.82, 2.24) is 10.2 Å². The van der Waals surface area contributed by atoms with Crippen LogP contribution in [0, 0.1) is 13.8 Å². The lowest BCUT2D eigenvalue weighted by molar-refractivity contribution is -0.425. The highest BCUT2D eigenvalue weighted by molar-refractivity contribution is 7.99. The molecule has 0 radical (unpaired) electrons. The van der Waals surface area contributed by atoms with Crippen LogP contribution in [0.1, 0.15) is 30.0 Å². The number of benzene rings is 1. The molecule has 1 aromatic carbocycles. The number of hydrogen-bond acceptors (Lipinski definition) is 5. The Hall–Kier alpha value is -1.86. The van der Waals surface area contributed by atoms with Crippen molar-refractivity contribution in [2.45, 2.75) is 32.0 Å². The van der Waals surface area contributed by atoms with Crippen molar-refractivity contribution in [3.8, 4) is 0 Å². The fourth-order valence-corrected chi connectivity index (χ4v) is 2.36. The summed E-state index contributed by atoms with van der Waals surface area (Å²) < 4.78 is 5.39. The van der Waals surface area contributed by atoms with Gasteiger partial charge < -0.3 is 15.5 Å². The van der Waals surface area contributed by atoms with Gasteiger partial charge in [0.25, 0.3) is 11.1 Å². The van der Waals surface area contributed by atoms with Crippen molar-refractivity contribution in [3.05, 3.63) is 35.2 Å². The number of para-hydroxylation sites is 1. The summed E-state index contributed by atoms with van der Waals surface area (Å²) in [7, 11) is 0. The first-order valence-electron chi connectivity index (χ1n) is 6.62. The Kier molecular flexibility index (Phi) is 4.98. The Morgan fingerprint density at radius 3 is 2.62 bits per heavy atom. The zero-order chi connectivity index (χ0) is 15.4.